The van der Waals surface area contributed by atoms with Gasteiger partial charge >= 0.3 is 0 Å². The molecule has 0 aliphatic carbocycles. The first-order chi connectivity index (χ1) is 9.93. The van der Waals surface area contributed by atoms with Crippen molar-refractivity contribution in [1.82, 2.24) is 14.8 Å². The molecule has 0 N–H and O–H groups in total. The largest absolute Gasteiger partial charge is 0.292 e. The minimum absolute atomic E-state index is 0.0887. The summed E-state index contributed by atoms with van der Waals surface area (Å²) in [6, 6.07) is 5.56. The Kier molecular flexibility index (Phi) is 4.77. The summed E-state index contributed by atoms with van der Waals surface area (Å²) in [7, 11) is 1.79. The van der Waals surface area contributed by atoms with Gasteiger partial charge in [-0.2, -0.15) is 5.10 Å². The molecule has 0 saturated heterocycles. The molecule has 112 valence electrons. The molecule has 0 aromatic carbocycles. The Morgan fingerprint density at radius 2 is 2.14 bits per heavy atom. The molecular formula is C15H19BrN4O. The van der Waals surface area contributed by atoms with Crippen LogP contribution in [0.25, 0.3) is 0 Å². The summed E-state index contributed by atoms with van der Waals surface area (Å²) < 4.78 is 2.52. The second-order valence-electron chi connectivity index (χ2n) is 5.12. The lowest BCUT2D eigenvalue weighted by Gasteiger charge is -2.19. The molecule has 1 amide bonds. The van der Waals surface area contributed by atoms with Crippen molar-refractivity contribution in [3.05, 3.63) is 40.3 Å². The molecule has 0 saturated carbocycles. The Morgan fingerprint density at radius 1 is 1.43 bits per heavy atom. The molecule has 0 aliphatic heterocycles. The number of hydrogen-bond donors (Lipinski definition) is 0. The summed E-state index contributed by atoms with van der Waals surface area (Å²) in [5.74, 6) is 0.839. The van der Waals surface area contributed by atoms with E-state index < -0.39 is 0 Å². The highest BCUT2D eigenvalue weighted by atomic mass is 79.9. The summed E-state index contributed by atoms with van der Waals surface area (Å²) in [5, 5.41) is 4.40. The van der Waals surface area contributed by atoms with E-state index in [1.54, 1.807) is 22.8 Å². The number of nitrogens with zero attached hydrogens (tertiary/aromatic N) is 4. The molecule has 2 rings (SSSR count). The van der Waals surface area contributed by atoms with Gasteiger partial charge in [0.05, 0.1) is 5.69 Å². The number of aromatic nitrogens is 3. The van der Waals surface area contributed by atoms with E-state index in [0.717, 1.165) is 10.2 Å². The Morgan fingerprint density at radius 3 is 2.62 bits per heavy atom. The second kappa shape index (κ2) is 6.39. The molecule has 2 aromatic rings. The van der Waals surface area contributed by atoms with Crippen molar-refractivity contribution in [2.24, 2.45) is 7.05 Å². The van der Waals surface area contributed by atoms with Gasteiger partial charge in [0.2, 0.25) is 0 Å². The Balaban J connectivity index is 2.34. The van der Waals surface area contributed by atoms with Gasteiger partial charge in [-0.05, 0) is 47.0 Å². The Labute approximate surface area is 133 Å². The first-order valence-electron chi connectivity index (χ1n) is 6.91. The maximum Gasteiger partial charge on any atom is 0.277 e. The van der Waals surface area contributed by atoms with Gasteiger partial charge in [0.15, 0.2) is 0 Å². The fraction of sp³-hybridized carbons (Fsp3) is 0.400. The fourth-order valence-corrected chi connectivity index (χ4v) is 2.28. The van der Waals surface area contributed by atoms with E-state index in [2.05, 4.69) is 39.9 Å². The van der Waals surface area contributed by atoms with Crippen molar-refractivity contribution in [1.29, 1.82) is 0 Å². The summed E-state index contributed by atoms with van der Waals surface area (Å²) in [5.41, 5.74) is 1.49. The van der Waals surface area contributed by atoms with Crippen LogP contribution < -0.4 is 4.90 Å². The molecule has 5 nitrogen and oxygen atoms in total. The molecule has 0 atom stereocenters. The smallest absolute Gasteiger partial charge is 0.277 e. The molecule has 2 heterocycles. The van der Waals surface area contributed by atoms with Crippen molar-refractivity contribution >= 4 is 27.7 Å². The fourth-order valence-electron chi connectivity index (χ4n) is 2.05. The molecule has 6 heteroatoms. The van der Waals surface area contributed by atoms with E-state index >= 15 is 0 Å². The maximum atomic E-state index is 12.7. The number of carbonyl (C=O) groups excluding carboxylic acids is 1. The minimum Gasteiger partial charge on any atom is -0.292 e. The molecule has 0 fully saturated rings. The summed E-state index contributed by atoms with van der Waals surface area (Å²) in [6.45, 7) is 6.60. The van der Waals surface area contributed by atoms with Gasteiger partial charge in [-0.1, -0.05) is 13.8 Å². The van der Waals surface area contributed by atoms with Gasteiger partial charge < -0.3 is 0 Å². The van der Waals surface area contributed by atoms with Crippen molar-refractivity contribution < 1.29 is 4.79 Å². The van der Waals surface area contributed by atoms with Crippen LogP contribution in [0.1, 0.15) is 42.9 Å². The molecule has 0 spiro atoms. The van der Waals surface area contributed by atoms with Crippen LogP contribution in [0, 0.1) is 0 Å². The zero-order valence-corrected chi connectivity index (χ0v) is 14.3. The lowest BCUT2D eigenvalue weighted by molar-refractivity contribution is 0.0978. The van der Waals surface area contributed by atoms with Crippen LogP contribution in [0.2, 0.25) is 0 Å². The van der Waals surface area contributed by atoms with Crippen LogP contribution in [-0.4, -0.2) is 27.2 Å². The zero-order valence-electron chi connectivity index (χ0n) is 12.7. The average Bonchev–Trinajstić information content (AvgIpc) is 2.84. The van der Waals surface area contributed by atoms with Gasteiger partial charge in [0.25, 0.3) is 5.91 Å². The monoisotopic (exact) mass is 350 g/mol. The highest BCUT2D eigenvalue weighted by Gasteiger charge is 2.22. The number of amides is 1. The number of hydrogen-bond acceptors (Lipinski definition) is 3. The van der Waals surface area contributed by atoms with Crippen LogP contribution in [0.3, 0.4) is 0 Å². The van der Waals surface area contributed by atoms with Gasteiger partial charge in [-0.15, -0.1) is 0 Å². The van der Waals surface area contributed by atoms with Crippen LogP contribution >= 0.6 is 15.9 Å². The third-order valence-electron chi connectivity index (χ3n) is 3.26. The van der Waals surface area contributed by atoms with Crippen LogP contribution in [-0.2, 0) is 7.05 Å². The van der Waals surface area contributed by atoms with Crippen LogP contribution in [0.15, 0.2) is 28.9 Å². The van der Waals surface area contributed by atoms with Gasteiger partial charge in [0.1, 0.15) is 11.5 Å². The van der Waals surface area contributed by atoms with Crippen molar-refractivity contribution in [3.63, 3.8) is 0 Å². The quantitative estimate of drug-likeness (QED) is 0.849. The van der Waals surface area contributed by atoms with E-state index in [1.807, 2.05) is 25.1 Å². The third kappa shape index (κ3) is 3.32. The first kappa shape index (κ1) is 15.7. The molecular weight excluding hydrogens is 332 g/mol. The lowest BCUT2D eigenvalue weighted by Crippen LogP contribution is -2.32. The number of pyridine rings is 1. The highest BCUT2D eigenvalue weighted by Crippen LogP contribution is 2.19. The predicted molar refractivity (Wildman–Crippen MR) is 86.6 cm³/mol. The van der Waals surface area contributed by atoms with Crippen LogP contribution in [0.5, 0.6) is 0 Å². The lowest BCUT2D eigenvalue weighted by atomic mass is 10.1. The number of halogens is 1. The van der Waals surface area contributed by atoms with Gasteiger partial charge in [-0.25, -0.2) is 4.98 Å². The second-order valence-corrected chi connectivity index (χ2v) is 6.03. The zero-order chi connectivity index (χ0) is 15.6. The molecule has 0 aliphatic rings. The Bertz CT molecular complexity index is 634. The standard InChI is InChI=1S/C15H19BrN4O/c1-5-20(14-7-6-11(16)9-17-14)15(21)13-8-12(10(2)3)18-19(13)4/h6-10H,5H2,1-4H3. The number of anilines is 1. The predicted octanol–water partition coefficient (Wildman–Crippen LogP) is 3.37. The number of carbonyl (C=O) groups is 1. The maximum absolute atomic E-state index is 12.7. The minimum atomic E-state index is -0.0887. The highest BCUT2D eigenvalue weighted by molar-refractivity contribution is 9.10. The van der Waals surface area contributed by atoms with E-state index in [1.165, 1.54) is 0 Å². The van der Waals surface area contributed by atoms with Crippen LogP contribution in [0.4, 0.5) is 5.82 Å². The molecule has 0 radical (unpaired) electrons. The molecule has 2 aromatic heterocycles. The van der Waals surface area contributed by atoms with E-state index in [4.69, 9.17) is 0 Å². The van der Waals surface area contributed by atoms with Crippen molar-refractivity contribution in [3.8, 4) is 0 Å². The summed E-state index contributed by atoms with van der Waals surface area (Å²) >= 11 is 3.35. The average molecular weight is 351 g/mol. The van der Waals surface area contributed by atoms with E-state index in [-0.39, 0.29) is 5.91 Å². The van der Waals surface area contributed by atoms with Gasteiger partial charge in [-0.3, -0.25) is 14.4 Å². The topological polar surface area (TPSA) is 51.0 Å². The molecule has 21 heavy (non-hydrogen) atoms. The molecule has 0 unspecified atom stereocenters. The van der Waals surface area contributed by atoms with E-state index in [0.29, 0.717) is 24.0 Å². The Hall–Kier alpha value is -1.69. The van der Waals surface area contributed by atoms with Crippen molar-refractivity contribution in [2.75, 3.05) is 11.4 Å². The first-order valence-corrected chi connectivity index (χ1v) is 7.70. The summed E-state index contributed by atoms with van der Waals surface area (Å²) in [6.07, 6.45) is 1.69. The molecule has 0 bridgehead atoms. The van der Waals surface area contributed by atoms with Gasteiger partial charge in [0, 0.05) is 24.3 Å². The normalized spacial score (nSPS) is 11.0. The number of aryl methyl sites for hydroxylation is 1. The number of rotatable bonds is 4. The van der Waals surface area contributed by atoms with Crippen molar-refractivity contribution in [2.45, 2.75) is 26.7 Å². The SMILES string of the molecule is CCN(C(=O)c1cc(C(C)C)nn1C)c1ccc(Br)cn1. The van der Waals surface area contributed by atoms with E-state index in [9.17, 15) is 4.79 Å². The summed E-state index contributed by atoms with van der Waals surface area (Å²) in [4.78, 5) is 18.7. The third-order valence-corrected chi connectivity index (χ3v) is 3.73.